The number of piperazine rings is 1. The second-order valence-electron chi connectivity index (χ2n) is 7.02. The number of imide groups is 1. The largest absolute Gasteiger partial charge is 0.363 e. The van der Waals surface area contributed by atoms with Gasteiger partial charge in [0.05, 0.1) is 5.57 Å². The molecule has 1 aromatic heterocycles. The van der Waals surface area contributed by atoms with Gasteiger partial charge in [0.25, 0.3) is 11.8 Å². The van der Waals surface area contributed by atoms with Crippen LogP contribution in [0.3, 0.4) is 0 Å². The van der Waals surface area contributed by atoms with Crippen molar-refractivity contribution in [2.75, 3.05) is 37.6 Å². The summed E-state index contributed by atoms with van der Waals surface area (Å²) < 4.78 is 0. The van der Waals surface area contributed by atoms with Gasteiger partial charge in [-0.15, -0.1) is 0 Å². The summed E-state index contributed by atoms with van der Waals surface area (Å²) in [6.45, 7) is 4.95. The molecule has 0 unspecified atom stereocenters. The van der Waals surface area contributed by atoms with Gasteiger partial charge in [0, 0.05) is 50.1 Å². The average molecular weight is 412 g/mol. The highest BCUT2D eigenvalue weighted by atomic mass is 35.5. The molecule has 0 aliphatic carbocycles. The predicted octanol–water partition coefficient (Wildman–Crippen LogP) is 2.44. The Kier molecular flexibility index (Phi) is 5.49. The highest BCUT2D eigenvalue weighted by molar-refractivity contribution is 6.36. The summed E-state index contributed by atoms with van der Waals surface area (Å²) in [6, 6.07) is 8.87. The third-order valence-corrected chi connectivity index (χ3v) is 5.41. The van der Waals surface area contributed by atoms with E-state index in [1.165, 1.54) is 4.90 Å². The fourth-order valence-corrected chi connectivity index (χ4v) is 3.87. The van der Waals surface area contributed by atoms with Gasteiger partial charge in [0.1, 0.15) is 5.70 Å². The standard InChI is InChI=1S/C21H22ClN5O2/c1-2-10-27-19(28)17(15-4-6-16(22)7-5-15)18(20(27)29)25-11-13-26(14-12-25)21-23-8-3-9-24-21/h3-9H,2,10-14H2,1H3. The molecule has 1 saturated heterocycles. The second-order valence-corrected chi connectivity index (χ2v) is 7.45. The minimum atomic E-state index is -0.233. The van der Waals surface area contributed by atoms with Crippen LogP contribution < -0.4 is 4.90 Å². The van der Waals surface area contributed by atoms with Crippen LogP contribution in [0.25, 0.3) is 5.57 Å². The minimum Gasteiger partial charge on any atom is -0.363 e. The van der Waals surface area contributed by atoms with Gasteiger partial charge in [0.15, 0.2) is 0 Å². The first-order chi connectivity index (χ1) is 14.1. The smallest absolute Gasteiger partial charge is 0.277 e. The summed E-state index contributed by atoms with van der Waals surface area (Å²) >= 11 is 6.02. The average Bonchev–Trinajstić information content (AvgIpc) is 3.00. The predicted molar refractivity (Wildman–Crippen MR) is 111 cm³/mol. The monoisotopic (exact) mass is 411 g/mol. The molecule has 2 aliphatic heterocycles. The Morgan fingerprint density at radius 3 is 2.17 bits per heavy atom. The molecule has 8 heteroatoms. The summed E-state index contributed by atoms with van der Waals surface area (Å²) in [7, 11) is 0. The topological polar surface area (TPSA) is 69.6 Å². The molecular weight excluding hydrogens is 390 g/mol. The van der Waals surface area contributed by atoms with Gasteiger partial charge in [-0.1, -0.05) is 30.7 Å². The Hall–Kier alpha value is -2.93. The van der Waals surface area contributed by atoms with Crippen LogP contribution in [0.1, 0.15) is 18.9 Å². The van der Waals surface area contributed by atoms with Gasteiger partial charge < -0.3 is 9.80 Å². The Balaban J connectivity index is 1.64. The maximum absolute atomic E-state index is 13.1. The number of anilines is 1. The third kappa shape index (κ3) is 3.70. The van der Waals surface area contributed by atoms with Gasteiger partial charge in [-0.3, -0.25) is 14.5 Å². The highest BCUT2D eigenvalue weighted by Crippen LogP contribution is 2.33. The van der Waals surface area contributed by atoms with E-state index in [4.69, 9.17) is 11.6 Å². The highest BCUT2D eigenvalue weighted by Gasteiger charge is 2.41. The van der Waals surface area contributed by atoms with E-state index in [0.29, 0.717) is 55.0 Å². The van der Waals surface area contributed by atoms with E-state index in [9.17, 15) is 9.59 Å². The number of amides is 2. The maximum atomic E-state index is 13.1. The van der Waals surface area contributed by atoms with Crippen LogP contribution in [0.2, 0.25) is 5.02 Å². The fourth-order valence-electron chi connectivity index (χ4n) is 3.74. The Morgan fingerprint density at radius 1 is 0.931 bits per heavy atom. The summed E-state index contributed by atoms with van der Waals surface area (Å²) in [4.78, 5) is 40.3. The summed E-state index contributed by atoms with van der Waals surface area (Å²) in [5, 5.41) is 0.592. The van der Waals surface area contributed by atoms with Gasteiger partial charge in [0.2, 0.25) is 5.95 Å². The molecule has 0 N–H and O–H groups in total. The lowest BCUT2D eigenvalue weighted by Crippen LogP contribution is -2.48. The number of halogens is 1. The van der Waals surface area contributed by atoms with Crippen molar-refractivity contribution < 1.29 is 9.59 Å². The van der Waals surface area contributed by atoms with E-state index < -0.39 is 0 Å². The van der Waals surface area contributed by atoms with Crippen LogP contribution >= 0.6 is 11.6 Å². The van der Waals surface area contributed by atoms with Crippen LogP contribution in [0.15, 0.2) is 48.4 Å². The van der Waals surface area contributed by atoms with Crippen molar-refractivity contribution in [1.29, 1.82) is 0 Å². The van der Waals surface area contributed by atoms with Crippen molar-refractivity contribution >= 4 is 34.9 Å². The first-order valence-corrected chi connectivity index (χ1v) is 10.1. The summed E-state index contributed by atoms with van der Waals surface area (Å²) in [6.07, 6.45) is 4.16. The van der Waals surface area contributed by atoms with E-state index in [0.717, 1.165) is 12.0 Å². The minimum absolute atomic E-state index is 0.216. The first-order valence-electron chi connectivity index (χ1n) is 9.73. The third-order valence-electron chi connectivity index (χ3n) is 5.15. The molecule has 0 saturated carbocycles. The zero-order valence-electron chi connectivity index (χ0n) is 16.2. The molecule has 0 atom stereocenters. The molecule has 1 fully saturated rings. The molecular formula is C21H22ClN5O2. The van der Waals surface area contributed by atoms with Gasteiger partial charge >= 0.3 is 0 Å². The molecule has 0 spiro atoms. The van der Waals surface area contributed by atoms with Crippen molar-refractivity contribution in [2.45, 2.75) is 13.3 Å². The molecule has 7 nitrogen and oxygen atoms in total. The lowest BCUT2D eigenvalue weighted by molar-refractivity contribution is -0.137. The van der Waals surface area contributed by atoms with E-state index >= 15 is 0 Å². The van der Waals surface area contributed by atoms with Crippen LogP contribution in [0.4, 0.5) is 5.95 Å². The van der Waals surface area contributed by atoms with Crippen LogP contribution in [-0.2, 0) is 9.59 Å². The maximum Gasteiger partial charge on any atom is 0.277 e. The van der Waals surface area contributed by atoms with Crippen molar-refractivity contribution in [3.05, 3.63) is 59.0 Å². The van der Waals surface area contributed by atoms with Crippen LogP contribution in [0, 0.1) is 0 Å². The van der Waals surface area contributed by atoms with Crippen molar-refractivity contribution in [3.8, 4) is 0 Å². The molecule has 150 valence electrons. The molecule has 0 bridgehead atoms. The molecule has 2 amide bonds. The molecule has 4 rings (SSSR count). The number of rotatable bonds is 5. The van der Waals surface area contributed by atoms with Crippen molar-refractivity contribution in [1.82, 2.24) is 19.8 Å². The first kappa shape index (κ1) is 19.4. The molecule has 1 aromatic carbocycles. The van der Waals surface area contributed by atoms with Crippen LogP contribution in [0.5, 0.6) is 0 Å². The Labute approximate surface area is 174 Å². The molecule has 3 heterocycles. The lowest BCUT2D eigenvalue weighted by Gasteiger charge is -2.36. The van der Waals surface area contributed by atoms with E-state index in [1.807, 2.05) is 11.8 Å². The van der Waals surface area contributed by atoms with Gasteiger partial charge in [-0.25, -0.2) is 9.97 Å². The normalized spacial score (nSPS) is 17.5. The van der Waals surface area contributed by atoms with Crippen LogP contribution in [-0.4, -0.2) is 64.3 Å². The number of aromatic nitrogens is 2. The lowest BCUT2D eigenvalue weighted by atomic mass is 10.0. The van der Waals surface area contributed by atoms with Gasteiger partial charge in [-0.05, 0) is 30.2 Å². The number of hydrogen-bond acceptors (Lipinski definition) is 6. The number of carbonyl (C=O) groups excluding carboxylic acids is 2. The molecule has 2 aliphatic rings. The molecule has 0 radical (unpaired) electrons. The van der Waals surface area contributed by atoms with E-state index in [2.05, 4.69) is 14.9 Å². The SMILES string of the molecule is CCCN1C(=O)C(c2ccc(Cl)cc2)=C(N2CCN(c3ncccn3)CC2)C1=O. The summed E-state index contributed by atoms with van der Waals surface area (Å²) in [5.41, 5.74) is 1.67. The number of hydrogen-bond donors (Lipinski definition) is 0. The summed E-state index contributed by atoms with van der Waals surface area (Å²) in [5.74, 6) is 0.231. The van der Waals surface area contributed by atoms with Crippen molar-refractivity contribution in [3.63, 3.8) is 0 Å². The molecule has 29 heavy (non-hydrogen) atoms. The Bertz CT molecular complexity index is 937. The molecule has 2 aromatic rings. The number of nitrogens with zero attached hydrogens (tertiary/aromatic N) is 5. The van der Waals surface area contributed by atoms with Gasteiger partial charge in [-0.2, -0.15) is 0 Å². The second kappa shape index (κ2) is 8.21. The van der Waals surface area contributed by atoms with E-state index in [1.54, 1.807) is 42.7 Å². The van der Waals surface area contributed by atoms with E-state index in [-0.39, 0.29) is 11.8 Å². The zero-order chi connectivity index (χ0) is 20.4. The quantitative estimate of drug-likeness (QED) is 0.704. The number of benzene rings is 1. The zero-order valence-corrected chi connectivity index (χ0v) is 17.0. The van der Waals surface area contributed by atoms with Crippen molar-refractivity contribution in [2.24, 2.45) is 0 Å². The Morgan fingerprint density at radius 2 is 1.55 bits per heavy atom. The number of carbonyl (C=O) groups is 2. The fraction of sp³-hybridized carbons (Fsp3) is 0.333.